The molecule has 74 valence electrons. The molecular weight excluding hydrogens is 154 g/mol. The summed E-state index contributed by atoms with van der Waals surface area (Å²) in [5, 5.41) is 3.21. The summed E-state index contributed by atoms with van der Waals surface area (Å²) >= 11 is 0. The number of rotatable bonds is 6. The van der Waals surface area contributed by atoms with Crippen molar-refractivity contribution in [3.05, 3.63) is 0 Å². The van der Waals surface area contributed by atoms with Crippen molar-refractivity contribution in [3.8, 4) is 0 Å². The molecule has 0 aliphatic heterocycles. The lowest BCUT2D eigenvalue weighted by molar-refractivity contribution is -0.00111. The van der Waals surface area contributed by atoms with Gasteiger partial charge in [0, 0.05) is 20.2 Å². The smallest absolute Gasteiger partial charge is 0.0599 e. The van der Waals surface area contributed by atoms with E-state index >= 15 is 0 Å². The van der Waals surface area contributed by atoms with Crippen LogP contribution in [0.15, 0.2) is 0 Å². The van der Waals surface area contributed by atoms with Crippen molar-refractivity contribution in [2.75, 3.05) is 33.4 Å². The molecule has 0 amide bonds. The highest BCUT2D eigenvalue weighted by Crippen LogP contribution is 2.04. The van der Waals surface area contributed by atoms with E-state index in [1.807, 2.05) is 0 Å². The van der Waals surface area contributed by atoms with Crippen molar-refractivity contribution in [3.63, 3.8) is 0 Å². The maximum Gasteiger partial charge on any atom is 0.0599 e. The van der Waals surface area contributed by atoms with Crippen LogP contribution in [0.25, 0.3) is 0 Å². The number of nitrogens with one attached hydrogen (secondary N) is 1. The van der Waals surface area contributed by atoms with Crippen LogP contribution < -0.4 is 5.32 Å². The summed E-state index contributed by atoms with van der Waals surface area (Å²) in [4.78, 5) is 0. The summed E-state index contributed by atoms with van der Waals surface area (Å²) in [6.45, 7) is 9.47. The van der Waals surface area contributed by atoms with E-state index < -0.39 is 0 Å². The molecule has 0 spiro atoms. The zero-order valence-electron chi connectivity index (χ0n) is 8.64. The third kappa shape index (κ3) is 9.88. The summed E-state index contributed by atoms with van der Waals surface area (Å²) in [5.74, 6) is 0. The van der Waals surface area contributed by atoms with Crippen molar-refractivity contribution in [1.82, 2.24) is 5.32 Å². The molecule has 0 bridgehead atoms. The van der Waals surface area contributed by atoms with Gasteiger partial charge in [-0.15, -0.1) is 0 Å². The normalized spacial score (nSPS) is 12.0. The molecule has 3 heteroatoms. The second-order valence-electron chi connectivity index (χ2n) is 3.70. The van der Waals surface area contributed by atoms with E-state index in [0.717, 1.165) is 26.3 Å². The topological polar surface area (TPSA) is 30.5 Å². The van der Waals surface area contributed by atoms with Crippen LogP contribution in [0.4, 0.5) is 0 Å². The van der Waals surface area contributed by atoms with Crippen LogP contribution in [0.1, 0.15) is 20.8 Å². The van der Waals surface area contributed by atoms with Crippen LogP contribution in [0.5, 0.6) is 0 Å². The highest BCUT2D eigenvalue weighted by atomic mass is 16.5. The summed E-state index contributed by atoms with van der Waals surface area (Å²) in [6.07, 6.45) is 0. The molecule has 0 saturated heterocycles. The van der Waals surface area contributed by atoms with E-state index in [4.69, 9.17) is 9.47 Å². The van der Waals surface area contributed by atoms with E-state index in [-0.39, 0.29) is 5.60 Å². The van der Waals surface area contributed by atoms with Gasteiger partial charge >= 0.3 is 0 Å². The van der Waals surface area contributed by atoms with Gasteiger partial charge in [0.2, 0.25) is 0 Å². The van der Waals surface area contributed by atoms with Gasteiger partial charge in [0.1, 0.15) is 0 Å². The Morgan fingerprint density at radius 3 is 2.17 bits per heavy atom. The maximum absolute atomic E-state index is 5.51. The van der Waals surface area contributed by atoms with E-state index in [9.17, 15) is 0 Å². The number of hydrogen-bond acceptors (Lipinski definition) is 3. The molecule has 3 nitrogen and oxygen atoms in total. The minimum absolute atomic E-state index is 0.0249. The first kappa shape index (κ1) is 11.9. The molecular formula is C9H21NO2. The molecule has 0 saturated carbocycles. The second-order valence-corrected chi connectivity index (χ2v) is 3.70. The minimum Gasteiger partial charge on any atom is -0.383 e. The Morgan fingerprint density at radius 1 is 1.08 bits per heavy atom. The third-order valence-electron chi connectivity index (χ3n) is 1.30. The average molecular weight is 175 g/mol. The van der Waals surface area contributed by atoms with E-state index in [1.165, 1.54) is 0 Å². The fourth-order valence-corrected chi connectivity index (χ4v) is 0.729. The minimum atomic E-state index is -0.0249. The monoisotopic (exact) mass is 175 g/mol. The van der Waals surface area contributed by atoms with Gasteiger partial charge in [-0.05, 0) is 20.8 Å². The number of hydrogen-bond donors (Lipinski definition) is 1. The van der Waals surface area contributed by atoms with Gasteiger partial charge in [-0.1, -0.05) is 0 Å². The number of ether oxygens (including phenoxy) is 2. The lowest BCUT2D eigenvalue weighted by Gasteiger charge is -2.19. The fraction of sp³-hybridized carbons (Fsp3) is 1.00. The lowest BCUT2D eigenvalue weighted by Crippen LogP contribution is -2.28. The van der Waals surface area contributed by atoms with E-state index in [2.05, 4.69) is 26.1 Å². The van der Waals surface area contributed by atoms with Gasteiger partial charge in [-0.3, -0.25) is 0 Å². The molecule has 0 aromatic carbocycles. The van der Waals surface area contributed by atoms with Crippen LogP contribution in [-0.4, -0.2) is 39.0 Å². The molecule has 0 radical (unpaired) electrons. The standard InChI is InChI=1S/C9H21NO2/c1-9(2,3)12-8-6-10-5-7-11-4/h10H,5-8H2,1-4H3. The zero-order valence-corrected chi connectivity index (χ0v) is 8.64. The summed E-state index contributed by atoms with van der Waals surface area (Å²) < 4.78 is 10.4. The first-order chi connectivity index (χ1) is 5.56. The molecule has 0 aliphatic carbocycles. The molecule has 0 aliphatic rings. The van der Waals surface area contributed by atoms with Crippen LogP contribution in [-0.2, 0) is 9.47 Å². The van der Waals surface area contributed by atoms with Gasteiger partial charge in [0.05, 0.1) is 18.8 Å². The van der Waals surface area contributed by atoms with Crippen molar-refractivity contribution >= 4 is 0 Å². The quantitative estimate of drug-likeness (QED) is 0.612. The van der Waals surface area contributed by atoms with Gasteiger partial charge in [0.15, 0.2) is 0 Å². The molecule has 0 fully saturated rings. The Hall–Kier alpha value is -0.120. The second kappa shape index (κ2) is 6.40. The SMILES string of the molecule is COCCNCCOC(C)(C)C. The summed E-state index contributed by atoms with van der Waals surface area (Å²) in [6, 6.07) is 0. The Balaban J connectivity index is 3.01. The molecule has 1 N–H and O–H groups in total. The largest absolute Gasteiger partial charge is 0.383 e. The van der Waals surface area contributed by atoms with Crippen molar-refractivity contribution < 1.29 is 9.47 Å². The van der Waals surface area contributed by atoms with Gasteiger partial charge < -0.3 is 14.8 Å². The molecule has 0 rings (SSSR count). The van der Waals surface area contributed by atoms with Crippen molar-refractivity contribution in [1.29, 1.82) is 0 Å². The van der Waals surface area contributed by atoms with Crippen molar-refractivity contribution in [2.24, 2.45) is 0 Å². The highest BCUT2D eigenvalue weighted by Gasteiger charge is 2.08. The predicted molar refractivity (Wildman–Crippen MR) is 50.5 cm³/mol. The third-order valence-corrected chi connectivity index (χ3v) is 1.30. The van der Waals surface area contributed by atoms with Crippen LogP contribution >= 0.6 is 0 Å². The Labute approximate surface area is 75.4 Å². The average Bonchev–Trinajstić information content (AvgIpc) is 1.94. The lowest BCUT2D eigenvalue weighted by atomic mass is 10.2. The maximum atomic E-state index is 5.51. The van der Waals surface area contributed by atoms with Crippen LogP contribution in [0.2, 0.25) is 0 Å². The Kier molecular flexibility index (Phi) is 6.34. The Morgan fingerprint density at radius 2 is 1.67 bits per heavy atom. The number of methoxy groups -OCH3 is 1. The van der Waals surface area contributed by atoms with Crippen LogP contribution in [0, 0.1) is 0 Å². The predicted octanol–water partition coefficient (Wildman–Crippen LogP) is 1.04. The van der Waals surface area contributed by atoms with E-state index in [0.29, 0.717) is 0 Å². The molecule has 12 heavy (non-hydrogen) atoms. The molecule has 0 aromatic heterocycles. The summed E-state index contributed by atoms with van der Waals surface area (Å²) in [5.41, 5.74) is -0.0249. The first-order valence-electron chi connectivity index (χ1n) is 4.40. The molecule has 0 atom stereocenters. The zero-order chi connectivity index (χ0) is 9.45. The Bertz CT molecular complexity index is 99.2. The molecule has 0 aromatic rings. The van der Waals surface area contributed by atoms with Crippen LogP contribution in [0.3, 0.4) is 0 Å². The fourth-order valence-electron chi connectivity index (χ4n) is 0.729. The highest BCUT2D eigenvalue weighted by molar-refractivity contribution is 4.58. The molecule has 0 unspecified atom stereocenters. The van der Waals surface area contributed by atoms with Crippen molar-refractivity contribution in [2.45, 2.75) is 26.4 Å². The van der Waals surface area contributed by atoms with E-state index in [1.54, 1.807) is 7.11 Å². The first-order valence-corrected chi connectivity index (χ1v) is 4.40. The van der Waals surface area contributed by atoms with Gasteiger partial charge in [-0.2, -0.15) is 0 Å². The summed E-state index contributed by atoms with van der Waals surface area (Å²) in [7, 11) is 1.70. The molecule has 0 heterocycles. The van der Waals surface area contributed by atoms with Gasteiger partial charge in [0.25, 0.3) is 0 Å². The van der Waals surface area contributed by atoms with Gasteiger partial charge in [-0.25, -0.2) is 0 Å².